The highest BCUT2D eigenvalue weighted by atomic mass is 127. The molecule has 6 aromatic rings. The maximum absolute atomic E-state index is 13.5. The molecule has 2 amide bonds. The van der Waals surface area contributed by atoms with E-state index in [9.17, 15) is 9.59 Å². The predicted octanol–water partition coefficient (Wildman–Crippen LogP) is 13.3. The van der Waals surface area contributed by atoms with Crippen molar-refractivity contribution in [2.45, 2.75) is 36.5 Å². The Kier molecular flexibility index (Phi) is 15.2. The zero-order valence-corrected chi connectivity index (χ0v) is 42.9. The average molecular weight is 1110 g/mol. The highest BCUT2D eigenvalue weighted by Crippen LogP contribution is 2.50. The number of nitrogens with zero attached hydrogens (tertiary/aromatic N) is 7. The number of carbonyl (C=O) groups excluding carboxylic acids is 2. The van der Waals surface area contributed by atoms with Crippen LogP contribution in [-0.4, -0.2) is 83.9 Å². The number of aromatic nitrogens is 2. The Balaban J connectivity index is 0.000000172. The zero-order chi connectivity index (χ0) is 48.1. The molecule has 2 spiro atoms. The lowest BCUT2D eigenvalue weighted by molar-refractivity contribution is 0.0970. The molecule has 350 valence electrons. The van der Waals surface area contributed by atoms with Gasteiger partial charge in [0.25, 0.3) is 11.8 Å². The van der Waals surface area contributed by atoms with E-state index in [-0.39, 0.29) is 22.6 Å². The van der Waals surface area contributed by atoms with Crippen molar-refractivity contribution in [2.75, 3.05) is 62.2 Å². The van der Waals surface area contributed by atoms with E-state index in [1.807, 2.05) is 70.5 Å². The van der Waals surface area contributed by atoms with E-state index in [1.54, 1.807) is 42.7 Å². The molecule has 14 heteroatoms. The van der Waals surface area contributed by atoms with Crippen molar-refractivity contribution in [2.24, 2.45) is 0 Å². The van der Waals surface area contributed by atoms with Crippen LogP contribution in [-0.2, 0) is 10.8 Å². The van der Waals surface area contributed by atoms with Gasteiger partial charge in [0.05, 0.1) is 6.57 Å². The molecule has 2 saturated heterocycles. The van der Waals surface area contributed by atoms with E-state index in [0.717, 1.165) is 103 Å². The van der Waals surface area contributed by atoms with E-state index in [4.69, 9.17) is 53.0 Å². The molecule has 0 saturated carbocycles. The van der Waals surface area contributed by atoms with E-state index < -0.39 is 0 Å². The van der Waals surface area contributed by atoms with E-state index in [2.05, 4.69) is 89.7 Å². The molecular formula is C55H48Cl4IN7O2. The normalized spacial score (nSPS) is 17.2. The number of benzene rings is 4. The van der Waals surface area contributed by atoms with Crippen molar-refractivity contribution in [3.8, 4) is 0 Å². The molecule has 4 aromatic carbocycles. The summed E-state index contributed by atoms with van der Waals surface area (Å²) in [6, 6.07) is 34.5. The van der Waals surface area contributed by atoms with Gasteiger partial charge in [-0.25, -0.2) is 14.8 Å². The Morgan fingerprint density at radius 1 is 0.594 bits per heavy atom. The second kappa shape index (κ2) is 21.5. The maximum atomic E-state index is 13.5. The minimum absolute atomic E-state index is 0.0145. The fraction of sp³-hybridized carbons (Fsp3) is 0.255. The third-order valence-electron chi connectivity index (χ3n) is 13.9. The summed E-state index contributed by atoms with van der Waals surface area (Å²) < 4.78 is 1.20. The van der Waals surface area contributed by atoms with Gasteiger partial charge < -0.3 is 9.80 Å². The first-order valence-electron chi connectivity index (χ1n) is 22.9. The minimum Gasteiger partial charge on any atom is -0.307 e. The first-order chi connectivity index (χ1) is 33.4. The topological polar surface area (TPSA) is 77.2 Å². The number of likely N-dealkylation sites (tertiary alicyclic amines) is 2. The number of anilines is 2. The smallest absolute Gasteiger partial charge is 0.258 e. The lowest BCUT2D eigenvalue weighted by Crippen LogP contribution is -2.46. The van der Waals surface area contributed by atoms with Crippen molar-refractivity contribution >= 4 is 110 Å². The molecule has 9 nitrogen and oxygen atoms in total. The van der Waals surface area contributed by atoms with Crippen LogP contribution in [0.15, 0.2) is 134 Å². The Labute approximate surface area is 437 Å². The number of hydrogen-bond acceptors (Lipinski definition) is 6. The molecule has 2 fully saturated rings. The first kappa shape index (κ1) is 48.9. The number of pyridine rings is 2. The van der Waals surface area contributed by atoms with Gasteiger partial charge in [0.15, 0.2) is 5.69 Å². The number of amides is 2. The second-order valence-electron chi connectivity index (χ2n) is 18.1. The molecule has 0 atom stereocenters. The number of halogens is 5. The maximum Gasteiger partial charge on any atom is 0.258 e. The van der Waals surface area contributed by atoms with Crippen LogP contribution in [0.4, 0.5) is 17.1 Å². The summed E-state index contributed by atoms with van der Waals surface area (Å²) in [6.45, 7) is 14.4. The lowest BCUT2D eigenvalue weighted by atomic mass is 9.74. The van der Waals surface area contributed by atoms with Crippen LogP contribution in [0, 0.1) is 10.1 Å². The number of piperidine rings is 2. The van der Waals surface area contributed by atoms with Crippen molar-refractivity contribution < 1.29 is 9.59 Å². The number of hydrogen-bond donors (Lipinski definition) is 0. The van der Waals surface area contributed by atoms with Crippen LogP contribution in [0.5, 0.6) is 0 Å². The van der Waals surface area contributed by atoms with E-state index in [1.165, 1.54) is 9.13 Å². The largest absolute Gasteiger partial charge is 0.307 e. The third kappa shape index (κ3) is 11.1. The van der Waals surface area contributed by atoms with Gasteiger partial charge in [-0.15, -0.1) is 0 Å². The number of carbonyl (C=O) groups is 2. The van der Waals surface area contributed by atoms with Gasteiger partial charge in [-0.05, 0) is 170 Å². The van der Waals surface area contributed by atoms with Crippen LogP contribution in [0.2, 0.25) is 20.4 Å². The summed E-state index contributed by atoms with van der Waals surface area (Å²) in [7, 11) is 0. The van der Waals surface area contributed by atoms with Crippen LogP contribution in [0.25, 0.3) is 17.0 Å². The summed E-state index contributed by atoms with van der Waals surface area (Å²) in [5.74, 6) is -0.103. The Bertz CT molecular complexity index is 2960. The number of fused-ring (bicyclic) bond motifs is 4. The van der Waals surface area contributed by atoms with Crippen LogP contribution in [0.1, 0.15) is 68.7 Å². The predicted molar refractivity (Wildman–Crippen MR) is 289 cm³/mol. The van der Waals surface area contributed by atoms with E-state index >= 15 is 0 Å². The van der Waals surface area contributed by atoms with Gasteiger partial charge in [-0.1, -0.05) is 107 Å². The SMILES string of the molecule is O=C(c1ccnc(Cl)c1)N1CC2(CCN(C/C=C/c3ccc(Cl)cc3)CC2)c2cc(I)ccc21.[C-]#[N+]c1ccc2c(c1)C1(CCN(C/C=C/c3ccc(Cl)cc3)CC1)CN2C(=O)c1ccnc(Cl)c1. The molecule has 0 bridgehead atoms. The van der Waals surface area contributed by atoms with Gasteiger partial charge in [0.2, 0.25) is 0 Å². The molecule has 10 rings (SSSR count). The highest BCUT2D eigenvalue weighted by Gasteiger charge is 2.48. The standard InChI is InChI=1S/C28H24Cl2N4O.C27H24Cl2IN3O/c1-31-23-8-9-25-24(18-23)28(19-34(25)27(35)21-10-13-32-26(30)17-21)11-15-33(16-12-28)14-2-3-20-4-6-22(29)7-5-20;28-21-5-3-19(4-6-21)2-1-13-32-14-10-27(11-15-32)18-33(24-8-7-22(30)17-23(24)27)26(34)20-9-12-31-25(29)16-20/h2-10,13,17-18H,11-12,14-16,19H2;1-9,12,16-17H,10-11,13-15,18H2/b3-2+;2-1+. The van der Waals surface area contributed by atoms with Crippen LogP contribution >= 0.6 is 69.0 Å². The Morgan fingerprint density at radius 2 is 1.03 bits per heavy atom. The Morgan fingerprint density at radius 3 is 1.46 bits per heavy atom. The van der Waals surface area contributed by atoms with E-state index in [0.29, 0.717) is 40.2 Å². The highest BCUT2D eigenvalue weighted by molar-refractivity contribution is 14.1. The summed E-state index contributed by atoms with van der Waals surface area (Å²) in [6.07, 6.45) is 15.7. The van der Waals surface area contributed by atoms with Gasteiger partial charge in [-0.2, -0.15) is 0 Å². The van der Waals surface area contributed by atoms with Crippen molar-refractivity contribution in [1.29, 1.82) is 0 Å². The molecule has 4 aliphatic heterocycles. The second-order valence-corrected chi connectivity index (χ2v) is 21.0. The molecule has 0 N–H and O–H groups in total. The lowest BCUT2D eigenvalue weighted by Gasteiger charge is -2.39. The average Bonchev–Trinajstić information content (AvgIpc) is 3.84. The summed E-state index contributed by atoms with van der Waals surface area (Å²) in [5.41, 5.74) is 8.14. The molecule has 0 unspecified atom stereocenters. The summed E-state index contributed by atoms with van der Waals surface area (Å²) in [4.78, 5) is 47.3. The van der Waals surface area contributed by atoms with Gasteiger partial charge in [0.1, 0.15) is 10.3 Å². The molecule has 0 aliphatic carbocycles. The molecular weight excluding hydrogens is 1060 g/mol. The summed E-state index contributed by atoms with van der Waals surface area (Å²) >= 11 is 26.4. The molecule has 6 heterocycles. The summed E-state index contributed by atoms with van der Waals surface area (Å²) in [5, 5.41) is 2.13. The van der Waals surface area contributed by atoms with Gasteiger partial charge >= 0.3 is 0 Å². The molecule has 2 aromatic heterocycles. The number of rotatable bonds is 8. The third-order valence-corrected chi connectivity index (χ3v) is 15.5. The van der Waals surface area contributed by atoms with Crippen molar-refractivity contribution in [3.05, 3.63) is 202 Å². The van der Waals surface area contributed by atoms with Crippen LogP contribution in [0.3, 0.4) is 0 Å². The molecule has 4 aliphatic rings. The fourth-order valence-corrected chi connectivity index (χ4v) is 11.2. The monoisotopic (exact) mass is 1110 g/mol. The molecule has 69 heavy (non-hydrogen) atoms. The fourth-order valence-electron chi connectivity index (χ4n) is 10.1. The quantitative estimate of drug-likeness (QED) is 0.0859. The Hall–Kier alpha value is -5.10. The zero-order valence-electron chi connectivity index (χ0n) is 37.7. The van der Waals surface area contributed by atoms with Gasteiger partial charge in [-0.3, -0.25) is 19.4 Å². The van der Waals surface area contributed by atoms with Crippen molar-refractivity contribution in [3.63, 3.8) is 0 Å². The van der Waals surface area contributed by atoms with Crippen molar-refractivity contribution in [1.82, 2.24) is 19.8 Å². The molecule has 0 radical (unpaired) electrons. The van der Waals surface area contributed by atoms with Gasteiger partial charge in [0, 0.05) is 85.5 Å². The van der Waals surface area contributed by atoms with Crippen LogP contribution < -0.4 is 9.80 Å². The first-order valence-corrected chi connectivity index (χ1v) is 25.5. The minimum atomic E-state index is -0.154.